The zero-order valence-electron chi connectivity index (χ0n) is 13.9. The Morgan fingerprint density at radius 3 is 2.65 bits per heavy atom. The lowest BCUT2D eigenvalue weighted by molar-refractivity contribution is 0.102. The van der Waals surface area contributed by atoms with Gasteiger partial charge in [-0.05, 0) is 28.5 Å². The van der Waals surface area contributed by atoms with E-state index in [0.29, 0.717) is 22.8 Å². The molecule has 26 heavy (non-hydrogen) atoms. The molecule has 1 aromatic heterocycles. The van der Waals surface area contributed by atoms with Crippen molar-refractivity contribution < 1.29 is 4.79 Å². The molecule has 0 aliphatic heterocycles. The van der Waals surface area contributed by atoms with Crippen LogP contribution in [0.25, 0.3) is 10.8 Å². The maximum atomic E-state index is 12.3. The summed E-state index contributed by atoms with van der Waals surface area (Å²) in [6.07, 6.45) is 3.45. The number of anilines is 1. The Labute approximate surface area is 156 Å². The summed E-state index contributed by atoms with van der Waals surface area (Å²) in [5, 5.41) is 10.0. The average molecular weight is 362 g/mol. The quantitative estimate of drug-likeness (QED) is 0.556. The molecule has 1 amide bonds. The molecule has 0 spiro atoms. The van der Waals surface area contributed by atoms with E-state index < -0.39 is 0 Å². The number of nitrogens with zero attached hydrogens (tertiary/aromatic N) is 2. The Bertz CT molecular complexity index is 1080. The van der Waals surface area contributed by atoms with Crippen LogP contribution in [0.2, 0.25) is 5.02 Å². The maximum Gasteiger partial charge on any atom is 0.257 e. The van der Waals surface area contributed by atoms with Gasteiger partial charge in [0.25, 0.3) is 5.91 Å². The lowest BCUT2D eigenvalue weighted by Crippen LogP contribution is -2.11. The van der Waals surface area contributed by atoms with E-state index in [1.54, 1.807) is 30.5 Å². The lowest BCUT2D eigenvalue weighted by atomic mass is 10.0. The van der Waals surface area contributed by atoms with E-state index in [1.165, 1.54) is 16.3 Å². The van der Waals surface area contributed by atoms with Gasteiger partial charge in [-0.2, -0.15) is 5.10 Å². The summed E-state index contributed by atoms with van der Waals surface area (Å²) in [6.45, 7) is 0.628. The number of rotatable bonds is 4. The number of aromatic nitrogens is 2. The summed E-state index contributed by atoms with van der Waals surface area (Å²) in [6, 6.07) is 21.5. The molecule has 0 fully saturated rings. The fourth-order valence-electron chi connectivity index (χ4n) is 2.96. The number of fused-ring (bicyclic) bond motifs is 1. The molecule has 0 radical (unpaired) electrons. The minimum absolute atomic E-state index is 0.250. The summed E-state index contributed by atoms with van der Waals surface area (Å²) < 4.78 is 1.81. The van der Waals surface area contributed by atoms with E-state index in [2.05, 4.69) is 34.7 Å². The summed E-state index contributed by atoms with van der Waals surface area (Å²) >= 11 is 6.07. The Morgan fingerprint density at radius 1 is 1.00 bits per heavy atom. The van der Waals surface area contributed by atoms with Crippen LogP contribution >= 0.6 is 11.6 Å². The Balaban J connectivity index is 1.53. The van der Waals surface area contributed by atoms with Gasteiger partial charge in [-0.15, -0.1) is 0 Å². The monoisotopic (exact) mass is 361 g/mol. The molecular formula is C21H16ClN3O. The van der Waals surface area contributed by atoms with Crippen LogP contribution in [0.15, 0.2) is 79.1 Å². The molecular weight excluding hydrogens is 346 g/mol. The molecule has 5 heteroatoms. The highest BCUT2D eigenvalue weighted by Gasteiger charge is 2.11. The number of hydrogen-bond donors (Lipinski definition) is 1. The minimum atomic E-state index is -0.250. The van der Waals surface area contributed by atoms with Crippen molar-refractivity contribution in [1.82, 2.24) is 9.78 Å². The number of carbonyl (C=O) groups excluding carboxylic acids is 1. The second-order valence-electron chi connectivity index (χ2n) is 6.00. The van der Waals surface area contributed by atoms with Gasteiger partial charge in [0.05, 0.1) is 29.0 Å². The van der Waals surface area contributed by atoms with Gasteiger partial charge in [0, 0.05) is 6.20 Å². The van der Waals surface area contributed by atoms with Crippen LogP contribution in [0.3, 0.4) is 0 Å². The molecule has 0 atom stereocenters. The summed E-state index contributed by atoms with van der Waals surface area (Å²) in [5.74, 6) is -0.250. The second-order valence-corrected chi connectivity index (χ2v) is 6.41. The second kappa shape index (κ2) is 7.02. The Morgan fingerprint density at radius 2 is 1.77 bits per heavy atom. The molecule has 3 aromatic carbocycles. The smallest absolute Gasteiger partial charge is 0.257 e. The highest BCUT2D eigenvalue weighted by molar-refractivity contribution is 6.34. The molecule has 4 aromatic rings. The van der Waals surface area contributed by atoms with Gasteiger partial charge in [0.1, 0.15) is 0 Å². The van der Waals surface area contributed by atoms with Gasteiger partial charge in [0.2, 0.25) is 0 Å². The normalized spacial score (nSPS) is 10.8. The molecule has 0 aliphatic carbocycles. The van der Waals surface area contributed by atoms with E-state index in [-0.39, 0.29) is 5.91 Å². The average Bonchev–Trinajstić information content (AvgIpc) is 3.09. The summed E-state index contributed by atoms with van der Waals surface area (Å²) in [5.41, 5.74) is 2.25. The van der Waals surface area contributed by atoms with Crippen molar-refractivity contribution in [3.63, 3.8) is 0 Å². The minimum Gasteiger partial charge on any atom is -0.319 e. The van der Waals surface area contributed by atoms with Crippen molar-refractivity contribution in [1.29, 1.82) is 0 Å². The summed E-state index contributed by atoms with van der Waals surface area (Å²) in [4.78, 5) is 12.3. The standard InChI is InChI=1S/C21H16ClN3O/c22-20-11-4-3-10-19(20)21(26)24-17-12-23-25(14-17)13-16-8-5-7-15-6-1-2-9-18(15)16/h1-12,14H,13H2,(H,24,26). The van der Waals surface area contributed by atoms with Crippen LogP contribution in [-0.2, 0) is 6.54 Å². The number of hydrogen-bond acceptors (Lipinski definition) is 2. The predicted octanol–water partition coefficient (Wildman–Crippen LogP) is 4.99. The molecule has 0 bridgehead atoms. The van der Waals surface area contributed by atoms with Crippen molar-refractivity contribution in [2.24, 2.45) is 0 Å². The van der Waals surface area contributed by atoms with Crippen molar-refractivity contribution in [2.45, 2.75) is 6.54 Å². The fourth-order valence-corrected chi connectivity index (χ4v) is 3.18. The molecule has 1 heterocycles. The molecule has 128 valence electrons. The third-order valence-corrected chi connectivity index (χ3v) is 4.55. The molecule has 4 rings (SSSR count). The van der Waals surface area contributed by atoms with Gasteiger partial charge in [-0.1, -0.05) is 66.2 Å². The van der Waals surface area contributed by atoms with Gasteiger partial charge in [-0.3, -0.25) is 9.48 Å². The number of halogens is 1. The van der Waals surface area contributed by atoms with E-state index in [9.17, 15) is 4.79 Å². The number of nitrogens with one attached hydrogen (secondary N) is 1. The number of carbonyl (C=O) groups is 1. The predicted molar refractivity (Wildman–Crippen MR) is 105 cm³/mol. The lowest BCUT2D eigenvalue weighted by Gasteiger charge is -2.07. The van der Waals surface area contributed by atoms with E-state index >= 15 is 0 Å². The maximum absolute atomic E-state index is 12.3. The van der Waals surface area contributed by atoms with Gasteiger partial charge >= 0.3 is 0 Å². The van der Waals surface area contributed by atoms with Crippen molar-refractivity contribution in [3.8, 4) is 0 Å². The first-order chi connectivity index (χ1) is 12.7. The molecule has 0 saturated carbocycles. The van der Waals surface area contributed by atoms with E-state index in [0.717, 1.165) is 0 Å². The Kier molecular flexibility index (Phi) is 4.42. The third-order valence-electron chi connectivity index (χ3n) is 4.22. The Hall–Kier alpha value is -3.11. The fraction of sp³-hybridized carbons (Fsp3) is 0.0476. The first-order valence-electron chi connectivity index (χ1n) is 8.26. The SMILES string of the molecule is O=C(Nc1cnn(Cc2cccc3ccccc23)c1)c1ccccc1Cl. The first-order valence-corrected chi connectivity index (χ1v) is 8.63. The van der Waals surface area contributed by atoms with Crippen LogP contribution in [0.5, 0.6) is 0 Å². The highest BCUT2D eigenvalue weighted by atomic mass is 35.5. The molecule has 0 unspecified atom stereocenters. The van der Waals surface area contributed by atoms with Gasteiger partial charge in [0.15, 0.2) is 0 Å². The van der Waals surface area contributed by atoms with Crippen LogP contribution in [-0.4, -0.2) is 15.7 Å². The van der Waals surface area contributed by atoms with Crippen LogP contribution in [0.4, 0.5) is 5.69 Å². The highest BCUT2D eigenvalue weighted by Crippen LogP contribution is 2.20. The zero-order chi connectivity index (χ0) is 17.9. The van der Waals surface area contributed by atoms with E-state index in [4.69, 9.17) is 11.6 Å². The van der Waals surface area contributed by atoms with Crippen molar-refractivity contribution >= 4 is 34.0 Å². The van der Waals surface area contributed by atoms with Crippen LogP contribution in [0.1, 0.15) is 15.9 Å². The molecule has 4 nitrogen and oxygen atoms in total. The van der Waals surface area contributed by atoms with Gasteiger partial charge < -0.3 is 5.32 Å². The topological polar surface area (TPSA) is 46.9 Å². The third kappa shape index (κ3) is 3.32. The molecule has 1 N–H and O–H groups in total. The first kappa shape index (κ1) is 16.4. The van der Waals surface area contributed by atoms with Crippen molar-refractivity contribution in [3.05, 3.63) is 95.3 Å². The number of amides is 1. The molecule has 0 saturated heterocycles. The van der Waals surface area contributed by atoms with Crippen molar-refractivity contribution in [2.75, 3.05) is 5.32 Å². The summed E-state index contributed by atoms with van der Waals surface area (Å²) in [7, 11) is 0. The van der Waals surface area contributed by atoms with Gasteiger partial charge in [-0.25, -0.2) is 0 Å². The number of benzene rings is 3. The molecule has 0 aliphatic rings. The largest absolute Gasteiger partial charge is 0.319 e. The van der Waals surface area contributed by atoms with Crippen LogP contribution in [0, 0.1) is 0 Å². The zero-order valence-corrected chi connectivity index (χ0v) is 14.6. The van der Waals surface area contributed by atoms with E-state index in [1.807, 2.05) is 29.1 Å². The van der Waals surface area contributed by atoms with Crippen LogP contribution < -0.4 is 5.32 Å².